The van der Waals surface area contributed by atoms with Gasteiger partial charge < -0.3 is 10.5 Å². The molecule has 0 amide bonds. The maximum Gasteiger partial charge on any atom is 0.145 e. The number of nitrogens with one attached hydrogen (secondary N) is 1. The lowest BCUT2D eigenvalue weighted by atomic mass is 10.0. The number of anilines is 1. The molecule has 0 aliphatic rings. The summed E-state index contributed by atoms with van der Waals surface area (Å²) in [4.78, 5) is 0. The summed E-state index contributed by atoms with van der Waals surface area (Å²) < 4.78 is 5.24. The van der Waals surface area contributed by atoms with Gasteiger partial charge in [-0.1, -0.05) is 24.3 Å². The first-order valence-electron chi connectivity index (χ1n) is 6.12. The van der Waals surface area contributed by atoms with Gasteiger partial charge in [-0.05, 0) is 30.9 Å². The standard InChI is InChI=1S/C14H19N3O/c1-10(18-2)3-4-11-5-7-12(8-6-11)13-9-14(15)17-16-13/h5-10H,3-4H2,1-2H3,(H3,15,16,17). The highest BCUT2D eigenvalue weighted by Crippen LogP contribution is 2.19. The van der Waals surface area contributed by atoms with Crippen LogP contribution in [0.5, 0.6) is 0 Å². The number of nitrogens with zero attached hydrogens (tertiary/aromatic N) is 1. The maximum absolute atomic E-state index is 5.59. The molecule has 1 heterocycles. The molecule has 2 rings (SSSR count). The summed E-state index contributed by atoms with van der Waals surface area (Å²) in [6.45, 7) is 2.09. The Labute approximate surface area is 107 Å². The molecule has 0 bridgehead atoms. The van der Waals surface area contributed by atoms with Gasteiger partial charge in [0.2, 0.25) is 0 Å². The number of H-pyrrole nitrogens is 1. The molecular formula is C14H19N3O. The number of nitrogen functional groups attached to an aromatic ring is 1. The Hall–Kier alpha value is -1.81. The lowest BCUT2D eigenvalue weighted by molar-refractivity contribution is 0.111. The third-order valence-electron chi connectivity index (χ3n) is 3.10. The van der Waals surface area contributed by atoms with Gasteiger partial charge in [-0.3, -0.25) is 5.10 Å². The normalized spacial score (nSPS) is 12.6. The van der Waals surface area contributed by atoms with Crippen molar-refractivity contribution in [2.75, 3.05) is 12.8 Å². The molecule has 3 N–H and O–H groups in total. The van der Waals surface area contributed by atoms with Crippen LogP contribution in [0, 0.1) is 0 Å². The summed E-state index contributed by atoms with van der Waals surface area (Å²) in [5, 5.41) is 6.83. The van der Waals surface area contributed by atoms with E-state index in [-0.39, 0.29) is 0 Å². The third kappa shape index (κ3) is 3.11. The Morgan fingerprint density at radius 3 is 2.61 bits per heavy atom. The van der Waals surface area contributed by atoms with Gasteiger partial charge in [0.25, 0.3) is 0 Å². The highest BCUT2D eigenvalue weighted by molar-refractivity contribution is 5.62. The molecule has 1 aromatic carbocycles. The summed E-state index contributed by atoms with van der Waals surface area (Å²) in [6, 6.07) is 10.3. The van der Waals surface area contributed by atoms with Gasteiger partial charge in [0.1, 0.15) is 5.82 Å². The van der Waals surface area contributed by atoms with Crippen LogP contribution in [0.25, 0.3) is 11.3 Å². The molecule has 0 aliphatic heterocycles. The minimum Gasteiger partial charge on any atom is -0.382 e. The molecule has 0 spiro atoms. The Morgan fingerprint density at radius 2 is 2.06 bits per heavy atom. The fourth-order valence-electron chi connectivity index (χ4n) is 1.82. The van der Waals surface area contributed by atoms with Gasteiger partial charge >= 0.3 is 0 Å². The number of aromatic amines is 1. The van der Waals surface area contributed by atoms with Crippen molar-refractivity contribution in [3.63, 3.8) is 0 Å². The van der Waals surface area contributed by atoms with Crippen molar-refractivity contribution < 1.29 is 4.74 Å². The summed E-state index contributed by atoms with van der Waals surface area (Å²) in [6.07, 6.45) is 2.37. The minimum absolute atomic E-state index is 0.303. The van der Waals surface area contributed by atoms with Crippen molar-refractivity contribution in [3.8, 4) is 11.3 Å². The molecule has 0 fully saturated rings. The second-order valence-corrected chi connectivity index (χ2v) is 4.49. The van der Waals surface area contributed by atoms with Crippen molar-refractivity contribution in [3.05, 3.63) is 35.9 Å². The number of aryl methyl sites for hydroxylation is 1. The quantitative estimate of drug-likeness (QED) is 0.851. The molecular weight excluding hydrogens is 226 g/mol. The van der Waals surface area contributed by atoms with Crippen molar-refractivity contribution in [1.82, 2.24) is 10.2 Å². The van der Waals surface area contributed by atoms with E-state index in [0.29, 0.717) is 11.9 Å². The molecule has 1 aromatic heterocycles. The number of aromatic nitrogens is 2. The molecule has 0 aliphatic carbocycles. The first-order valence-corrected chi connectivity index (χ1v) is 6.12. The molecule has 4 heteroatoms. The Morgan fingerprint density at radius 1 is 1.33 bits per heavy atom. The van der Waals surface area contributed by atoms with Gasteiger partial charge in [-0.25, -0.2) is 0 Å². The van der Waals surface area contributed by atoms with Crippen LogP contribution in [0.3, 0.4) is 0 Å². The van der Waals surface area contributed by atoms with Gasteiger partial charge in [0.05, 0.1) is 11.8 Å². The number of hydrogen-bond donors (Lipinski definition) is 2. The predicted molar refractivity (Wildman–Crippen MR) is 73.2 cm³/mol. The summed E-state index contributed by atoms with van der Waals surface area (Å²) in [5.74, 6) is 0.517. The van der Waals surface area contributed by atoms with E-state index in [1.165, 1.54) is 5.56 Å². The van der Waals surface area contributed by atoms with E-state index in [1.807, 2.05) is 6.07 Å². The number of benzene rings is 1. The topological polar surface area (TPSA) is 63.9 Å². The predicted octanol–water partition coefficient (Wildman–Crippen LogP) is 2.63. The average Bonchev–Trinajstić information content (AvgIpc) is 2.83. The number of ether oxygens (including phenoxy) is 1. The van der Waals surface area contributed by atoms with E-state index in [4.69, 9.17) is 10.5 Å². The highest BCUT2D eigenvalue weighted by Gasteiger charge is 2.03. The number of hydrogen-bond acceptors (Lipinski definition) is 3. The molecule has 4 nitrogen and oxygen atoms in total. The molecule has 96 valence electrons. The Bertz CT molecular complexity index is 490. The Kier molecular flexibility index (Phi) is 3.99. The Balaban J connectivity index is 2.01. The van der Waals surface area contributed by atoms with Crippen LogP contribution in [-0.2, 0) is 11.2 Å². The van der Waals surface area contributed by atoms with Crippen molar-refractivity contribution in [1.29, 1.82) is 0 Å². The van der Waals surface area contributed by atoms with Gasteiger partial charge in [0, 0.05) is 13.2 Å². The van der Waals surface area contributed by atoms with Crippen molar-refractivity contribution in [2.45, 2.75) is 25.9 Å². The van der Waals surface area contributed by atoms with Crippen LogP contribution in [0.1, 0.15) is 18.9 Å². The van der Waals surface area contributed by atoms with Gasteiger partial charge in [-0.2, -0.15) is 5.10 Å². The van der Waals surface area contributed by atoms with E-state index < -0.39 is 0 Å². The second kappa shape index (κ2) is 5.69. The van der Waals surface area contributed by atoms with Crippen LogP contribution >= 0.6 is 0 Å². The lowest BCUT2D eigenvalue weighted by Gasteiger charge is -2.09. The summed E-state index contributed by atoms with van der Waals surface area (Å²) in [5.41, 5.74) is 8.95. The fourth-order valence-corrected chi connectivity index (χ4v) is 1.82. The van der Waals surface area contributed by atoms with Gasteiger partial charge in [0.15, 0.2) is 0 Å². The van der Waals surface area contributed by atoms with Crippen molar-refractivity contribution >= 4 is 5.82 Å². The van der Waals surface area contributed by atoms with E-state index in [0.717, 1.165) is 24.1 Å². The number of nitrogens with two attached hydrogens (primary N) is 1. The zero-order valence-electron chi connectivity index (χ0n) is 10.8. The van der Waals surface area contributed by atoms with E-state index >= 15 is 0 Å². The maximum atomic E-state index is 5.59. The minimum atomic E-state index is 0.303. The zero-order valence-corrected chi connectivity index (χ0v) is 10.8. The highest BCUT2D eigenvalue weighted by atomic mass is 16.5. The molecule has 1 unspecified atom stereocenters. The molecule has 18 heavy (non-hydrogen) atoms. The number of methoxy groups -OCH3 is 1. The smallest absolute Gasteiger partial charge is 0.145 e. The molecule has 0 radical (unpaired) electrons. The van der Waals surface area contributed by atoms with Crippen LogP contribution in [0.15, 0.2) is 30.3 Å². The number of rotatable bonds is 5. The zero-order chi connectivity index (χ0) is 13.0. The molecule has 0 saturated heterocycles. The molecule has 1 atom stereocenters. The monoisotopic (exact) mass is 245 g/mol. The lowest BCUT2D eigenvalue weighted by Crippen LogP contribution is -2.05. The van der Waals surface area contributed by atoms with Gasteiger partial charge in [-0.15, -0.1) is 0 Å². The van der Waals surface area contributed by atoms with Crippen LogP contribution in [-0.4, -0.2) is 23.4 Å². The van der Waals surface area contributed by atoms with Crippen LogP contribution in [0.4, 0.5) is 5.82 Å². The van der Waals surface area contributed by atoms with Crippen molar-refractivity contribution in [2.24, 2.45) is 0 Å². The first kappa shape index (κ1) is 12.6. The SMILES string of the molecule is COC(C)CCc1ccc(-c2cc(N)n[nH]2)cc1. The summed E-state index contributed by atoms with van der Waals surface area (Å²) >= 11 is 0. The van der Waals surface area contributed by atoms with Crippen LogP contribution < -0.4 is 5.73 Å². The molecule has 0 saturated carbocycles. The molecule has 2 aromatic rings. The first-order chi connectivity index (χ1) is 8.69. The average molecular weight is 245 g/mol. The second-order valence-electron chi connectivity index (χ2n) is 4.49. The van der Waals surface area contributed by atoms with Crippen LogP contribution in [0.2, 0.25) is 0 Å². The summed E-state index contributed by atoms with van der Waals surface area (Å²) in [7, 11) is 1.75. The largest absolute Gasteiger partial charge is 0.382 e. The van der Waals surface area contributed by atoms with E-state index in [2.05, 4.69) is 41.4 Å². The fraction of sp³-hybridized carbons (Fsp3) is 0.357. The third-order valence-corrected chi connectivity index (χ3v) is 3.10. The van der Waals surface area contributed by atoms with E-state index in [1.54, 1.807) is 7.11 Å². The van der Waals surface area contributed by atoms with E-state index in [9.17, 15) is 0 Å².